The molecule has 1 saturated heterocycles. The smallest absolute Gasteiger partial charge is 0.409 e. The summed E-state index contributed by atoms with van der Waals surface area (Å²) in [4.78, 5) is 24.2. The summed E-state index contributed by atoms with van der Waals surface area (Å²) in [6, 6.07) is 8.88. The first-order chi connectivity index (χ1) is 10.4. The summed E-state index contributed by atoms with van der Waals surface area (Å²) in [7, 11) is 0. The number of carbonyl (C=O) groups excluding carboxylic acids is 1. The Morgan fingerprint density at radius 3 is 2.73 bits per heavy atom. The maximum atomic E-state index is 11.7. The van der Waals surface area contributed by atoms with Gasteiger partial charge in [-0.3, -0.25) is 4.90 Å². The molecule has 0 radical (unpaired) electrons. The van der Waals surface area contributed by atoms with Crippen molar-refractivity contribution in [3.63, 3.8) is 0 Å². The third kappa shape index (κ3) is 3.88. The molecule has 1 unspecified atom stereocenters. The number of carbonyl (C=O) groups is 2. The molecule has 7 heteroatoms. The van der Waals surface area contributed by atoms with Crippen molar-refractivity contribution in [1.82, 2.24) is 10.2 Å². The third-order valence-corrected chi connectivity index (χ3v) is 3.48. The molecular formula is C15H20N2O5. The maximum absolute atomic E-state index is 11.7. The van der Waals surface area contributed by atoms with Gasteiger partial charge in [-0.1, -0.05) is 30.3 Å². The zero-order valence-corrected chi connectivity index (χ0v) is 12.6. The lowest BCUT2D eigenvalue weighted by Gasteiger charge is -2.30. The Balaban J connectivity index is 1.80. The molecule has 2 rings (SSSR count). The molecule has 0 aromatic heterocycles. The summed E-state index contributed by atoms with van der Waals surface area (Å²) >= 11 is 0. The molecule has 0 bridgehead atoms. The minimum absolute atomic E-state index is 0.142. The monoisotopic (exact) mass is 308 g/mol. The van der Waals surface area contributed by atoms with Crippen LogP contribution in [0.1, 0.15) is 19.4 Å². The van der Waals surface area contributed by atoms with Crippen LogP contribution >= 0.6 is 0 Å². The summed E-state index contributed by atoms with van der Waals surface area (Å²) < 4.78 is 10.5. The highest BCUT2D eigenvalue weighted by atomic mass is 16.6. The van der Waals surface area contributed by atoms with Gasteiger partial charge in [0.1, 0.15) is 12.3 Å². The van der Waals surface area contributed by atoms with Gasteiger partial charge in [0.15, 0.2) is 0 Å². The second-order valence-corrected chi connectivity index (χ2v) is 5.51. The highest BCUT2D eigenvalue weighted by Gasteiger charge is 2.43. The van der Waals surface area contributed by atoms with E-state index in [1.54, 1.807) is 13.8 Å². The molecule has 120 valence electrons. The fourth-order valence-electron chi connectivity index (χ4n) is 2.40. The van der Waals surface area contributed by atoms with Crippen LogP contribution < -0.4 is 5.32 Å². The minimum Gasteiger partial charge on any atom is -0.465 e. The number of carboxylic acid groups (broad SMARTS) is 1. The standard InChI is InChI=1S/C15H20N2O5/c1-15(2)17(14(19)20)12(10-22-15)8-16-13(18)21-9-11-6-4-3-5-7-11/h3-7,12H,8-10H2,1-2H3,(H,16,18)(H,19,20). The summed E-state index contributed by atoms with van der Waals surface area (Å²) in [6.07, 6.45) is -1.66. The Bertz CT molecular complexity index is 532. The number of nitrogens with one attached hydrogen (secondary N) is 1. The van der Waals surface area contributed by atoms with E-state index >= 15 is 0 Å². The van der Waals surface area contributed by atoms with Crippen molar-refractivity contribution in [3.8, 4) is 0 Å². The molecule has 7 nitrogen and oxygen atoms in total. The van der Waals surface area contributed by atoms with Crippen molar-refractivity contribution in [2.75, 3.05) is 13.2 Å². The SMILES string of the molecule is CC1(C)OCC(CNC(=O)OCc2ccccc2)N1C(=O)O. The number of alkyl carbamates (subject to hydrolysis) is 1. The molecule has 1 fully saturated rings. The Labute approximate surface area is 128 Å². The van der Waals surface area contributed by atoms with Crippen LogP contribution in [0.4, 0.5) is 9.59 Å². The normalized spacial score (nSPS) is 19.7. The molecule has 0 aliphatic carbocycles. The molecule has 22 heavy (non-hydrogen) atoms. The van der Waals surface area contributed by atoms with Gasteiger partial charge in [-0.2, -0.15) is 0 Å². The van der Waals surface area contributed by atoms with E-state index in [4.69, 9.17) is 9.47 Å². The van der Waals surface area contributed by atoms with Crippen LogP contribution in [0, 0.1) is 0 Å². The number of hydrogen-bond donors (Lipinski definition) is 2. The van der Waals surface area contributed by atoms with Gasteiger partial charge >= 0.3 is 12.2 Å². The highest BCUT2D eigenvalue weighted by molar-refractivity contribution is 5.68. The van der Waals surface area contributed by atoms with Crippen LogP contribution in [0.3, 0.4) is 0 Å². The first-order valence-electron chi connectivity index (χ1n) is 7.01. The number of rotatable bonds is 4. The van der Waals surface area contributed by atoms with Gasteiger partial charge in [-0.15, -0.1) is 0 Å². The van der Waals surface area contributed by atoms with E-state index in [1.165, 1.54) is 4.90 Å². The molecule has 1 aromatic carbocycles. The van der Waals surface area contributed by atoms with E-state index in [2.05, 4.69) is 5.32 Å². The summed E-state index contributed by atoms with van der Waals surface area (Å²) in [6.45, 7) is 3.90. The number of amides is 2. The Kier molecular flexibility index (Phi) is 4.87. The van der Waals surface area contributed by atoms with Crippen LogP contribution in [0.5, 0.6) is 0 Å². The minimum atomic E-state index is -1.08. The second-order valence-electron chi connectivity index (χ2n) is 5.51. The summed E-state index contributed by atoms with van der Waals surface area (Å²) in [5.74, 6) is 0. The quantitative estimate of drug-likeness (QED) is 0.888. The van der Waals surface area contributed by atoms with E-state index in [-0.39, 0.29) is 19.8 Å². The zero-order valence-electron chi connectivity index (χ0n) is 12.6. The zero-order chi connectivity index (χ0) is 16.2. The third-order valence-electron chi connectivity index (χ3n) is 3.48. The van der Waals surface area contributed by atoms with Crippen LogP contribution in [0.2, 0.25) is 0 Å². The van der Waals surface area contributed by atoms with Gasteiger partial charge in [-0.25, -0.2) is 9.59 Å². The molecule has 2 amide bonds. The molecule has 1 aliphatic rings. The topological polar surface area (TPSA) is 88.1 Å². The highest BCUT2D eigenvalue weighted by Crippen LogP contribution is 2.26. The average molecular weight is 308 g/mol. The molecule has 1 aromatic rings. The molecular weight excluding hydrogens is 288 g/mol. The van der Waals surface area contributed by atoms with Gasteiger partial charge in [0, 0.05) is 6.54 Å². The fourth-order valence-corrected chi connectivity index (χ4v) is 2.40. The lowest BCUT2D eigenvalue weighted by Crippen LogP contribution is -2.50. The maximum Gasteiger partial charge on any atom is 0.409 e. The number of benzene rings is 1. The van der Waals surface area contributed by atoms with E-state index in [0.717, 1.165) is 5.56 Å². The number of ether oxygens (including phenoxy) is 2. The number of nitrogens with zero attached hydrogens (tertiary/aromatic N) is 1. The van der Waals surface area contributed by atoms with Gasteiger partial charge in [0.25, 0.3) is 0 Å². The van der Waals surface area contributed by atoms with Crippen LogP contribution in [0.25, 0.3) is 0 Å². The molecule has 2 N–H and O–H groups in total. The molecule has 0 saturated carbocycles. The first-order valence-corrected chi connectivity index (χ1v) is 7.01. The largest absolute Gasteiger partial charge is 0.465 e. The summed E-state index contributed by atoms with van der Waals surface area (Å²) in [5, 5.41) is 11.8. The van der Waals surface area contributed by atoms with Gasteiger partial charge in [0.05, 0.1) is 12.6 Å². The molecule has 0 spiro atoms. The van der Waals surface area contributed by atoms with E-state index in [9.17, 15) is 14.7 Å². The molecule has 1 aliphatic heterocycles. The van der Waals surface area contributed by atoms with Crippen molar-refractivity contribution in [3.05, 3.63) is 35.9 Å². The van der Waals surface area contributed by atoms with Gasteiger partial charge in [-0.05, 0) is 19.4 Å². The molecule has 1 atom stereocenters. The van der Waals surface area contributed by atoms with E-state index in [1.807, 2.05) is 30.3 Å². The lowest BCUT2D eigenvalue weighted by atomic mass is 10.2. The van der Waals surface area contributed by atoms with Crippen LogP contribution in [-0.4, -0.2) is 47.1 Å². The van der Waals surface area contributed by atoms with Crippen molar-refractivity contribution >= 4 is 12.2 Å². The predicted molar refractivity (Wildman–Crippen MR) is 78.3 cm³/mol. The Morgan fingerprint density at radius 2 is 2.09 bits per heavy atom. The average Bonchev–Trinajstić information content (AvgIpc) is 2.79. The first kappa shape index (κ1) is 16.1. The van der Waals surface area contributed by atoms with E-state index < -0.39 is 24.0 Å². The predicted octanol–water partition coefficient (Wildman–Crippen LogP) is 2.03. The Hall–Kier alpha value is -2.28. The van der Waals surface area contributed by atoms with Crippen molar-refractivity contribution in [2.45, 2.75) is 32.2 Å². The van der Waals surface area contributed by atoms with Crippen molar-refractivity contribution in [1.29, 1.82) is 0 Å². The van der Waals surface area contributed by atoms with Crippen molar-refractivity contribution in [2.24, 2.45) is 0 Å². The van der Waals surface area contributed by atoms with Crippen LogP contribution in [0.15, 0.2) is 30.3 Å². The van der Waals surface area contributed by atoms with Crippen molar-refractivity contribution < 1.29 is 24.2 Å². The van der Waals surface area contributed by atoms with E-state index in [0.29, 0.717) is 0 Å². The fraction of sp³-hybridized carbons (Fsp3) is 0.467. The van der Waals surface area contributed by atoms with Gasteiger partial charge in [0.2, 0.25) is 0 Å². The summed E-state index contributed by atoms with van der Waals surface area (Å²) in [5.41, 5.74) is -0.0123. The Morgan fingerprint density at radius 1 is 1.41 bits per heavy atom. The lowest BCUT2D eigenvalue weighted by molar-refractivity contribution is -0.0419. The molecule has 1 heterocycles. The number of hydrogen-bond acceptors (Lipinski definition) is 4. The van der Waals surface area contributed by atoms with Gasteiger partial charge < -0.3 is 19.9 Å². The van der Waals surface area contributed by atoms with Crippen LogP contribution in [-0.2, 0) is 16.1 Å². The second kappa shape index (κ2) is 6.65.